The van der Waals surface area contributed by atoms with E-state index in [2.05, 4.69) is 0 Å². The number of ketones is 1. The Hall–Kier alpha value is -2.97. The zero-order valence-corrected chi connectivity index (χ0v) is 12.7. The molecule has 0 bridgehead atoms. The van der Waals surface area contributed by atoms with E-state index >= 15 is 0 Å². The summed E-state index contributed by atoms with van der Waals surface area (Å²) < 4.78 is 84.1. The fourth-order valence-corrected chi connectivity index (χ4v) is 2.60. The van der Waals surface area contributed by atoms with E-state index in [1.54, 1.807) is 0 Å². The van der Waals surface area contributed by atoms with Crippen LogP contribution in [0.5, 0.6) is 0 Å². The SMILES string of the molecule is NC1=C(c2cccc(C(F)(F)F)c2)C(=O)C(c2cc(F)cc(F)c2F)O1. The molecule has 0 saturated heterocycles. The zero-order valence-electron chi connectivity index (χ0n) is 12.7. The molecule has 3 nitrogen and oxygen atoms in total. The van der Waals surface area contributed by atoms with E-state index in [1.807, 2.05) is 0 Å². The lowest BCUT2D eigenvalue weighted by Crippen LogP contribution is -2.13. The van der Waals surface area contributed by atoms with Crippen molar-refractivity contribution in [1.82, 2.24) is 0 Å². The zero-order chi connectivity index (χ0) is 19.2. The van der Waals surface area contributed by atoms with Gasteiger partial charge in [0.1, 0.15) is 5.82 Å². The number of alkyl halides is 3. The number of ether oxygens (including phenoxy) is 1. The van der Waals surface area contributed by atoms with Gasteiger partial charge in [0.2, 0.25) is 5.78 Å². The second-order valence-corrected chi connectivity index (χ2v) is 5.47. The third kappa shape index (κ3) is 3.00. The van der Waals surface area contributed by atoms with Crippen LogP contribution >= 0.6 is 0 Å². The fraction of sp³-hybridized carbons (Fsp3) is 0.118. The average molecular weight is 373 g/mol. The largest absolute Gasteiger partial charge is 0.462 e. The standard InChI is InChI=1S/C17H9F6NO2/c18-9-5-10(13(20)11(19)6-9)15-14(25)12(16(24)26-15)7-2-1-3-8(4-7)17(21,22)23/h1-6,15H,24H2. The summed E-state index contributed by atoms with van der Waals surface area (Å²) in [5, 5.41) is 0. The summed E-state index contributed by atoms with van der Waals surface area (Å²) in [6, 6.07) is 4.55. The summed E-state index contributed by atoms with van der Waals surface area (Å²) in [5.41, 5.74) is 3.16. The highest BCUT2D eigenvalue weighted by molar-refractivity contribution is 6.25. The Kier molecular flexibility index (Phi) is 4.17. The molecule has 3 rings (SSSR count). The lowest BCUT2D eigenvalue weighted by Gasteiger charge is -2.12. The van der Waals surface area contributed by atoms with Gasteiger partial charge in [0, 0.05) is 11.6 Å². The van der Waals surface area contributed by atoms with Gasteiger partial charge in [0.15, 0.2) is 23.6 Å². The summed E-state index contributed by atoms with van der Waals surface area (Å²) in [5.74, 6) is -5.78. The third-order valence-electron chi connectivity index (χ3n) is 3.76. The topological polar surface area (TPSA) is 52.3 Å². The van der Waals surface area contributed by atoms with Crippen LogP contribution in [-0.4, -0.2) is 5.78 Å². The minimum atomic E-state index is -4.66. The maximum absolute atomic E-state index is 13.9. The van der Waals surface area contributed by atoms with Gasteiger partial charge in [-0.3, -0.25) is 4.79 Å². The van der Waals surface area contributed by atoms with Gasteiger partial charge >= 0.3 is 6.18 Å². The van der Waals surface area contributed by atoms with Crippen LogP contribution in [0, 0.1) is 17.5 Å². The van der Waals surface area contributed by atoms with Crippen molar-refractivity contribution in [2.75, 3.05) is 0 Å². The Morgan fingerprint density at radius 3 is 2.38 bits per heavy atom. The average Bonchev–Trinajstić information content (AvgIpc) is 2.85. The Morgan fingerprint density at radius 1 is 1.04 bits per heavy atom. The molecule has 26 heavy (non-hydrogen) atoms. The Bertz CT molecular complexity index is 935. The Balaban J connectivity index is 2.03. The van der Waals surface area contributed by atoms with Crippen molar-refractivity contribution in [2.45, 2.75) is 12.3 Å². The molecular weight excluding hydrogens is 364 g/mol. The van der Waals surface area contributed by atoms with E-state index in [9.17, 15) is 31.1 Å². The van der Waals surface area contributed by atoms with Crippen LogP contribution in [0.4, 0.5) is 26.3 Å². The predicted octanol–water partition coefficient (Wildman–Crippen LogP) is 4.09. The van der Waals surface area contributed by atoms with Gasteiger partial charge in [-0.1, -0.05) is 12.1 Å². The molecular formula is C17H9F6NO2. The lowest BCUT2D eigenvalue weighted by atomic mass is 9.95. The van der Waals surface area contributed by atoms with Crippen molar-refractivity contribution < 1.29 is 35.9 Å². The lowest BCUT2D eigenvalue weighted by molar-refractivity contribution is -0.137. The first-order valence-corrected chi connectivity index (χ1v) is 7.12. The predicted molar refractivity (Wildman–Crippen MR) is 77.7 cm³/mol. The van der Waals surface area contributed by atoms with Crippen LogP contribution in [0.15, 0.2) is 42.3 Å². The molecule has 1 aliphatic rings. The molecule has 0 radical (unpaired) electrons. The molecule has 1 unspecified atom stereocenters. The van der Waals surface area contributed by atoms with Crippen LogP contribution < -0.4 is 5.73 Å². The Morgan fingerprint density at radius 2 is 1.73 bits per heavy atom. The molecule has 136 valence electrons. The second kappa shape index (κ2) is 6.08. The first kappa shape index (κ1) is 17.8. The van der Waals surface area contributed by atoms with Crippen molar-refractivity contribution >= 4 is 11.4 Å². The van der Waals surface area contributed by atoms with Gasteiger partial charge in [-0.05, 0) is 23.8 Å². The van der Waals surface area contributed by atoms with Crippen molar-refractivity contribution in [3.8, 4) is 0 Å². The third-order valence-corrected chi connectivity index (χ3v) is 3.76. The molecule has 0 spiro atoms. The number of benzene rings is 2. The minimum Gasteiger partial charge on any atom is -0.462 e. The van der Waals surface area contributed by atoms with Crippen LogP contribution in [0.25, 0.3) is 5.57 Å². The molecule has 1 atom stereocenters. The summed E-state index contributed by atoms with van der Waals surface area (Å²) in [4.78, 5) is 12.5. The molecule has 0 aromatic heterocycles. The van der Waals surface area contributed by atoms with E-state index in [1.165, 1.54) is 6.07 Å². The van der Waals surface area contributed by atoms with Crippen LogP contribution in [0.3, 0.4) is 0 Å². The van der Waals surface area contributed by atoms with E-state index in [-0.39, 0.29) is 11.6 Å². The van der Waals surface area contributed by atoms with E-state index in [0.29, 0.717) is 12.1 Å². The van der Waals surface area contributed by atoms with Gasteiger partial charge in [0.05, 0.1) is 11.1 Å². The molecule has 0 aliphatic carbocycles. The number of carbonyl (C=O) groups excluding carboxylic acids is 1. The van der Waals surface area contributed by atoms with E-state index in [4.69, 9.17) is 10.5 Å². The highest BCUT2D eigenvalue weighted by Gasteiger charge is 2.39. The molecule has 9 heteroatoms. The molecule has 1 aliphatic heterocycles. The summed E-state index contributed by atoms with van der Waals surface area (Å²) in [7, 11) is 0. The van der Waals surface area contributed by atoms with Gasteiger partial charge in [-0.15, -0.1) is 0 Å². The smallest absolute Gasteiger partial charge is 0.416 e. The van der Waals surface area contributed by atoms with Gasteiger partial charge < -0.3 is 10.5 Å². The first-order valence-electron chi connectivity index (χ1n) is 7.12. The van der Waals surface area contributed by atoms with Crippen LogP contribution in [0.2, 0.25) is 0 Å². The number of Topliss-reactive ketones (excluding diaryl/α,β-unsaturated/α-hetero) is 1. The van der Waals surface area contributed by atoms with Gasteiger partial charge in [-0.2, -0.15) is 13.2 Å². The molecule has 2 N–H and O–H groups in total. The highest BCUT2D eigenvalue weighted by Crippen LogP contribution is 2.39. The maximum atomic E-state index is 13.9. The second-order valence-electron chi connectivity index (χ2n) is 5.47. The number of halogens is 6. The van der Waals surface area contributed by atoms with Crippen molar-refractivity contribution in [3.05, 3.63) is 76.4 Å². The number of nitrogens with two attached hydrogens (primary N) is 1. The molecule has 2 aromatic rings. The molecule has 0 amide bonds. The van der Waals surface area contributed by atoms with Crippen molar-refractivity contribution in [3.63, 3.8) is 0 Å². The normalized spacial score (nSPS) is 17.6. The number of hydrogen-bond donors (Lipinski definition) is 1. The highest BCUT2D eigenvalue weighted by atomic mass is 19.4. The summed E-state index contributed by atoms with van der Waals surface area (Å²) in [6.07, 6.45) is -6.46. The van der Waals surface area contributed by atoms with E-state index in [0.717, 1.165) is 12.1 Å². The summed E-state index contributed by atoms with van der Waals surface area (Å²) >= 11 is 0. The van der Waals surface area contributed by atoms with Gasteiger partial charge in [-0.25, -0.2) is 13.2 Å². The monoisotopic (exact) mass is 373 g/mol. The van der Waals surface area contributed by atoms with E-state index < -0.39 is 58.1 Å². The molecule has 1 heterocycles. The minimum absolute atomic E-state index is 0.206. The molecule has 2 aromatic carbocycles. The van der Waals surface area contributed by atoms with Crippen molar-refractivity contribution in [2.24, 2.45) is 5.73 Å². The Labute approximate surface area is 142 Å². The summed E-state index contributed by atoms with van der Waals surface area (Å²) in [6.45, 7) is 0. The van der Waals surface area contributed by atoms with Crippen LogP contribution in [-0.2, 0) is 15.7 Å². The van der Waals surface area contributed by atoms with Crippen LogP contribution in [0.1, 0.15) is 22.8 Å². The molecule has 0 fully saturated rings. The fourth-order valence-electron chi connectivity index (χ4n) is 2.60. The van der Waals surface area contributed by atoms with Crippen molar-refractivity contribution in [1.29, 1.82) is 0 Å². The quantitative estimate of drug-likeness (QED) is 0.637. The maximum Gasteiger partial charge on any atom is 0.416 e. The number of hydrogen-bond acceptors (Lipinski definition) is 3. The first-order chi connectivity index (χ1) is 12.1. The molecule has 0 saturated carbocycles. The van der Waals surface area contributed by atoms with Gasteiger partial charge in [0.25, 0.3) is 0 Å². The number of rotatable bonds is 2. The number of carbonyl (C=O) groups is 1.